The van der Waals surface area contributed by atoms with Gasteiger partial charge in [-0.2, -0.15) is 4.31 Å². The molecular weight excluding hydrogens is 266 g/mol. The zero-order valence-electron chi connectivity index (χ0n) is 10.9. The van der Waals surface area contributed by atoms with Crippen LogP contribution in [0.1, 0.15) is 18.4 Å². The monoisotopic (exact) mass is 283 g/mol. The Morgan fingerprint density at radius 3 is 2.32 bits per heavy atom. The lowest BCUT2D eigenvalue weighted by molar-refractivity contribution is -0.141. The number of hydrogen-bond donors (Lipinski definition) is 1. The molecule has 0 radical (unpaired) electrons. The van der Waals surface area contributed by atoms with Gasteiger partial charge in [-0.1, -0.05) is 37.3 Å². The molecule has 0 saturated carbocycles. The highest BCUT2D eigenvalue weighted by molar-refractivity contribution is 7.88. The van der Waals surface area contributed by atoms with Crippen LogP contribution >= 0.6 is 0 Å². The number of hydrogen-bond acceptors (Lipinski definition) is 3. The molecule has 1 aromatic rings. The Hall–Kier alpha value is -1.40. The van der Waals surface area contributed by atoms with E-state index in [-0.39, 0.29) is 18.4 Å². The van der Waals surface area contributed by atoms with Crippen LogP contribution in [0.5, 0.6) is 0 Å². The lowest BCUT2D eigenvalue weighted by atomic mass is 9.87. The number of carboxylic acid groups (broad SMARTS) is 1. The first-order chi connectivity index (χ1) is 8.82. The Morgan fingerprint density at radius 1 is 1.32 bits per heavy atom. The van der Waals surface area contributed by atoms with E-state index in [1.54, 1.807) is 6.92 Å². The summed E-state index contributed by atoms with van der Waals surface area (Å²) in [5, 5.41) is 9.28. The van der Waals surface area contributed by atoms with Crippen LogP contribution in [0.4, 0.5) is 0 Å². The van der Waals surface area contributed by atoms with Gasteiger partial charge in [-0.15, -0.1) is 0 Å². The molecule has 0 bridgehead atoms. The van der Waals surface area contributed by atoms with Gasteiger partial charge >= 0.3 is 5.97 Å². The predicted molar refractivity (Wildman–Crippen MR) is 71.3 cm³/mol. The van der Waals surface area contributed by atoms with E-state index in [1.807, 2.05) is 30.3 Å². The Balaban J connectivity index is 2.39. The number of aliphatic carboxylic acids is 1. The van der Waals surface area contributed by atoms with Crippen molar-refractivity contribution >= 4 is 16.0 Å². The molecule has 1 aromatic carbocycles. The first-order valence-corrected chi connectivity index (χ1v) is 7.91. The molecule has 0 aliphatic carbocycles. The van der Waals surface area contributed by atoms with E-state index in [0.717, 1.165) is 16.1 Å². The van der Waals surface area contributed by atoms with E-state index in [0.29, 0.717) is 0 Å². The fourth-order valence-corrected chi connectivity index (χ4v) is 3.88. The SMILES string of the molecule is C[C@H]1[C@@H](c2ccccc2)CN(S(C)(=O)=O)[C@@H]1C(=O)O. The van der Waals surface area contributed by atoms with Crippen molar-refractivity contribution in [1.82, 2.24) is 4.31 Å². The molecule has 0 aromatic heterocycles. The first kappa shape index (κ1) is 14.0. The van der Waals surface area contributed by atoms with Crippen LogP contribution in [-0.2, 0) is 14.8 Å². The Labute approximate surface area is 112 Å². The standard InChI is InChI=1S/C13H17NO4S/c1-9-11(10-6-4-3-5-7-10)8-14(19(2,17)18)12(9)13(15)16/h3-7,9,11-12H,8H2,1-2H3,(H,15,16)/t9-,11-,12-/m0/s1. The third-order valence-electron chi connectivity index (χ3n) is 3.73. The van der Waals surface area contributed by atoms with Crippen molar-refractivity contribution in [3.8, 4) is 0 Å². The minimum absolute atomic E-state index is 0.0861. The third kappa shape index (κ3) is 2.64. The summed E-state index contributed by atoms with van der Waals surface area (Å²) in [7, 11) is -3.52. The molecule has 2 rings (SSSR count). The van der Waals surface area contributed by atoms with Crippen LogP contribution in [0.3, 0.4) is 0 Å². The average Bonchev–Trinajstić information content (AvgIpc) is 2.68. The molecule has 1 fully saturated rings. The van der Waals surface area contributed by atoms with Crippen molar-refractivity contribution < 1.29 is 18.3 Å². The quantitative estimate of drug-likeness (QED) is 0.902. The van der Waals surface area contributed by atoms with Gasteiger partial charge in [-0.3, -0.25) is 4.79 Å². The summed E-state index contributed by atoms with van der Waals surface area (Å²) in [6.07, 6.45) is 1.06. The summed E-state index contributed by atoms with van der Waals surface area (Å²) < 4.78 is 24.6. The van der Waals surface area contributed by atoms with Crippen LogP contribution in [0.15, 0.2) is 30.3 Å². The number of carbonyl (C=O) groups is 1. The van der Waals surface area contributed by atoms with Gasteiger partial charge in [0, 0.05) is 12.5 Å². The lowest BCUT2D eigenvalue weighted by Crippen LogP contribution is -2.42. The maximum atomic E-state index is 11.7. The molecule has 1 heterocycles. The summed E-state index contributed by atoms with van der Waals surface area (Å²) in [6.45, 7) is 2.02. The molecule has 1 N–H and O–H groups in total. The fourth-order valence-electron chi connectivity index (χ4n) is 2.75. The number of sulfonamides is 1. The molecular formula is C13H17NO4S. The van der Waals surface area contributed by atoms with Gasteiger partial charge in [-0.05, 0) is 11.5 Å². The predicted octanol–water partition coefficient (Wildman–Crippen LogP) is 1.13. The van der Waals surface area contributed by atoms with Crippen molar-refractivity contribution in [2.24, 2.45) is 5.92 Å². The summed E-state index contributed by atoms with van der Waals surface area (Å²) >= 11 is 0. The maximum Gasteiger partial charge on any atom is 0.322 e. The molecule has 5 nitrogen and oxygen atoms in total. The van der Waals surface area contributed by atoms with Gasteiger partial charge in [0.2, 0.25) is 10.0 Å². The Morgan fingerprint density at radius 2 is 1.89 bits per heavy atom. The second kappa shape index (κ2) is 4.94. The number of nitrogens with zero attached hydrogens (tertiary/aromatic N) is 1. The largest absolute Gasteiger partial charge is 0.480 e. The van der Waals surface area contributed by atoms with Crippen LogP contribution in [0, 0.1) is 5.92 Å². The third-order valence-corrected chi connectivity index (χ3v) is 4.95. The molecule has 104 valence electrons. The second-order valence-electron chi connectivity index (χ2n) is 4.99. The van der Waals surface area contributed by atoms with E-state index >= 15 is 0 Å². The van der Waals surface area contributed by atoms with Crippen molar-refractivity contribution in [3.05, 3.63) is 35.9 Å². The van der Waals surface area contributed by atoms with E-state index in [1.165, 1.54) is 0 Å². The highest BCUT2D eigenvalue weighted by Gasteiger charge is 2.47. The molecule has 1 saturated heterocycles. The number of rotatable bonds is 3. The van der Waals surface area contributed by atoms with Crippen LogP contribution < -0.4 is 0 Å². The molecule has 0 amide bonds. The lowest BCUT2D eigenvalue weighted by Gasteiger charge is -2.20. The summed E-state index contributed by atoms with van der Waals surface area (Å²) in [5.41, 5.74) is 0.979. The normalized spacial score (nSPS) is 28.4. The molecule has 1 aliphatic rings. The summed E-state index contributed by atoms with van der Waals surface area (Å²) in [6, 6.07) is 8.46. The summed E-state index contributed by atoms with van der Waals surface area (Å²) in [4.78, 5) is 11.3. The molecule has 3 atom stereocenters. The van der Waals surface area contributed by atoms with Crippen molar-refractivity contribution in [2.75, 3.05) is 12.8 Å². The van der Waals surface area contributed by atoms with E-state index < -0.39 is 22.0 Å². The van der Waals surface area contributed by atoms with E-state index in [4.69, 9.17) is 0 Å². The molecule has 0 spiro atoms. The van der Waals surface area contributed by atoms with Crippen molar-refractivity contribution in [1.29, 1.82) is 0 Å². The number of benzene rings is 1. The van der Waals surface area contributed by atoms with Gasteiger partial charge in [0.05, 0.1) is 6.26 Å². The van der Waals surface area contributed by atoms with E-state index in [2.05, 4.69) is 0 Å². The van der Waals surface area contributed by atoms with Crippen LogP contribution in [0.2, 0.25) is 0 Å². The minimum atomic E-state index is -3.52. The van der Waals surface area contributed by atoms with Crippen LogP contribution in [-0.4, -0.2) is 42.6 Å². The van der Waals surface area contributed by atoms with Crippen LogP contribution in [0.25, 0.3) is 0 Å². The Bertz CT molecular complexity index is 570. The van der Waals surface area contributed by atoms with Gasteiger partial charge < -0.3 is 5.11 Å². The fraction of sp³-hybridized carbons (Fsp3) is 0.462. The molecule has 1 aliphatic heterocycles. The van der Waals surface area contributed by atoms with Crippen molar-refractivity contribution in [2.45, 2.75) is 18.9 Å². The minimum Gasteiger partial charge on any atom is -0.480 e. The molecule has 0 unspecified atom stereocenters. The zero-order valence-corrected chi connectivity index (χ0v) is 11.7. The van der Waals surface area contributed by atoms with Gasteiger partial charge in [0.15, 0.2) is 0 Å². The maximum absolute atomic E-state index is 11.7. The first-order valence-electron chi connectivity index (χ1n) is 6.07. The zero-order chi connectivity index (χ0) is 14.2. The van der Waals surface area contributed by atoms with Gasteiger partial charge in [0.1, 0.15) is 6.04 Å². The molecule has 19 heavy (non-hydrogen) atoms. The second-order valence-corrected chi connectivity index (χ2v) is 6.93. The van der Waals surface area contributed by atoms with Gasteiger partial charge in [-0.25, -0.2) is 8.42 Å². The highest BCUT2D eigenvalue weighted by atomic mass is 32.2. The molecule has 6 heteroatoms. The van der Waals surface area contributed by atoms with E-state index in [9.17, 15) is 18.3 Å². The van der Waals surface area contributed by atoms with Crippen molar-refractivity contribution in [3.63, 3.8) is 0 Å². The summed E-state index contributed by atoms with van der Waals surface area (Å²) in [5.74, 6) is -1.43. The number of carboxylic acids is 1. The highest BCUT2D eigenvalue weighted by Crippen LogP contribution is 2.38. The smallest absolute Gasteiger partial charge is 0.322 e. The Kier molecular flexibility index (Phi) is 3.64. The van der Waals surface area contributed by atoms with Gasteiger partial charge in [0.25, 0.3) is 0 Å². The topological polar surface area (TPSA) is 74.7 Å². The average molecular weight is 283 g/mol.